The first-order chi connectivity index (χ1) is 12.2. The summed E-state index contributed by atoms with van der Waals surface area (Å²) in [4.78, 5) is 25.8. The van der Waals surface area contributed by atoms with Crippen molar-refractivity contribution in [2.24, 2.45) is 5.92 Å². The van der Waals surface area contributed by atoms with E-state index in [1.807, 2.05) is 58.0 Å². The van der Waals surface area contributed by atoms with Crippen molar-refractivity contribution in [3.63, 3.8) is 0 Å². The molecule has 1 aliphatic rings. The predicted molar refractivity (Wildman–Crippen MR) is 99.8 cm³/mol. The van der Waals surface area contributed by atoms with E-state index in [1.54, 1.807) is 4.90 Å². The highest BCUT2D eigenvalue weighted by Crippen LogP contribution is 2.22. The minimum absolute atomic E-state index is 0.000870. The van der Waals surface area contributed by atoms with Crippen LogP contribution in [0.5, 0.6) is 0 Å². The number of amides is 2. The zero-order valence-electron chi connectivity index (χ0n) is 16.2. The van der Waals surface area contributed by atoms with Gasteiger partial charge in [-0.1, -0.05) is 30.3 Å². The molecule has 2 rings (SSSR count). The van der Waals surface area contributed by atoms with Crippen LogP contribution in [0.15, 0.2) is 30.3 Å². The highest BCUT2D eigenvalue weighted by molar-refractivity contribution is 5.68. The van der Waals surface area contributed by atoms with Crippen molar-refractivity contribution in [2.75, 3.05) is 13.1 Å². The second-order valence-electron chi connectivity index (χ2n) is 7.80. The Balaban J connectivity index is 1.71. The number of nitrogens with zero attached hydrogens (tertiary/aromatic N) is 1. The summed E-state index contributed by atoms with van der Waals surface area (Å²) in [5.41, 5.74) is 0.478. The number of rotatable bonds is 4. The number of benzene rings is 1. The Morgan fingerprint density at radius 3 is 2.38 bits per heavy atom. The van der Waals surface area contributed by atoms with Crippen molar-refractivity contribution in [3.8, 4) is 0 Å². The van der Waals surface area contributed by atoms with E-state index in [4.69, 9.17) is 9.47 Å². The molecule has 0 bridgehead atoms. The van der Waals surface area contributed by atoms with Crippen molar-refractivity contribution in [1.82, 2.24) is 10.2 Å². The molecule has 26 heavy (non-hydrogen) atoms. The molecule has 0 aliphatic carbocycles. The molecule has 2 amide bonds. The van der Waals surface area contributed by atoms with Gasteiger partial charge in [0.2, 0.25) is 0 Å². The predicted octanol–water partition coefficient (Wildman–Crippen LogP) is 3.95. The van der Waals surface area contributed by atoms with E-state index in [2.05, 4.69) is 5.32 Å². The fourth-order valence-electron chi connectivity index (χ4n) is 2.98. The maximum atomic E-state index is 12.1. The summed E-state index contributed by atoms with van der Waals surface area (Å²) in [6.07, 6.45) is 0.994. The molecule has 144 valence electrons. The highest BCUT2D eigenvalue weighted by atomic mass is 16.6. The van der Waals surface area contributed by atoms with Crippen LogP contribution in [0.2, 0.25) is 0 Å². The zero-order chi connectivity index (χ0) is 19.2. The Hall–Kier alpha value is -2.24. The number of ether oxygens (including phenoxy) is 2. The number of hydrogen-bond acceptors (Lipinski definition) is 4. The zero-order valence-corrected chi connectivity index (χ0v) is 16.2. The summed E-state index contributed by atoms with van der Waals surface area (Å²) in [6.45, 7) is 9.13. The fraction of sp³-hybridized carbons (Fsp3) is 0.600. The number of nitrogens with one attached hydrogen (secondary N) is 1. The van der Waals surface area contributed by atoms with Crippen LogP contribution in [-0.2, 0) is 16.1 Å². The number of hydrogen-bond donors (Lipinski definition) is 1. The molecule has 1 unspecified atom stereocenters. The Morgan fingerprint density at radius 2 is 1.81 bits per heavy atom. The molecular formula is C20H30N2O4. The summed E-state index contributed by atoms with van der Waals surface area (Å²) in [5, 5.41) is 2.91. The van der Waals surface area contributed by atoms with Crippen LogP contribution in [0, 0.1) is 5.92 Å². The van der Waals surface area contributed by atoms with Gasteiger partial charge in [0.25, 0.3) is 0 Å². The number of alkyl carbamates (subject to hydrolysis) is 1. The van der Waals surface area contributed by atoms with Gasteiger partial charge in [-0.05, 0) is 52.0 Å². The molecule has 1 aliphatic heterocycles. The largest absolute Gasteiger partial charge is 0.445 e. The summed E-state index contributed by atoms with van der Waals surface area (Å²) in [7, 11) is 0. The van der Waals surface area contributed by atoms with Gasteiger partial charge in [-0.15, -0.1) is 0 Å². The summed E-state index contributed by atoms with van der Waals surface area (Å²) < 4.78 is 10.7. The third-order valence-electron chi connectivity index (χ3n) is 4.46. The van der Waals surface area contributed by atoms with Crippen LogP contribution in [0.4, 0.5) is 9.59 Å². The number of carbonyl (C=O) groups is 2. The Kier molecular flexibility index (Phi) is 6.89. The molecule has 1 N–H and O–H groups in total. The molecule has 1 fully saturated rings. The number of piperidine rings is 1. The van der Waals surface area contributed by atoms with Crippen molar-refractivity contribution < 1.29 is 19.1 Å². The van der Waals surface area contributed by atoms with E-state index >= 15 is 0 Å². The molecule has 0 aromatic heterocycles. The summed E-state index contributed by atoms with van der Waals surface area (Å²) in [6, 6.07) is 9.59. The smallest absolute Gasteiger partial charge is 0.410 e. The highest BCUT2D eigenvalue weighted by Gasteiger charge is 2.29. The average molecular weight is 362 g/mol. The lowest BCUT2D eigenvalue weighted by molar-refractivity contribution is 0.0169. The lowest BCUT2D eigenvalue weighted by Gasteiger charge is -2.35. The molecule has 0 radical (unpaired) electrons. The Labute approximate surface area is 155 Å². The first kappa shape index (κ1) is 20.1. The van der Waals surface area contributed by atoms with E-state index < -0.39 is 11.7 Å². The number of carbonyl (C=O) groups excluding carboxylic acids is 2. The fourth-order valence-corrected chi connectivity index (χ4v) is 2.98. The SMILES string of the molecule is CC(NC(=O)OCc1ccccc1)C1CCN(C(=O)OC(C)(C)C)CC1. The van der Waals surface area contributed by atoms with Gasteiger partial charge in [0.1, 0.15) is 12.2 Å². The van der Waals surface area contributed by atoms with Crippen molar-refractivity contribution in [2.45, 2.75) is 58.8 Å². The lowest BCUT2D eigenvalue weighted by atomic mass is 9.90. The molecule has 1 aromatic carbocycles. The van der Waals surface area contributed by atoms with Crippen molar-refractivity contribution >= 4 is 12.2 Å². The second-order valence-corrected chi connectivity index (χ2v) is 7.80. The molecule has 0 saturated carbocycles. The van der Waals surface area contributed by atoms with Crippen LogP contribution < -0.4 is 5.32 Å². The lowest BCUT2D eigenvalue weighted by Crippen LogP contribution is -2.46. The van der Waals surface area contributed by atoms with Gasteiger partial charge < -0.3 is 19.7 Å². The van der Waals surface area contributed by atoms with E-state index in [-0.39, 0.29) is 18.7 Å². The van der Waals surface area contributed by atoms with Gasteiger partial charge in [0.15, 0.2) is 0 Å². The third-order valence-corrected chi connectivity index (χ3v) is 4.46. The molecule has 1 atom stereocenters. The maximum Gasteiger partial charge on any atom is 0.410 e. The van der Waals surface area contributed by atoms with Gasteiger partial charge in [-0.3, -0.25) is 0 Å². The quantitative estimate of drug-likeness (QED) is 0.881. The van der Waals surface area contributed by atoms with E-state index in [1.165, 1.54) is 0 Å². The number of likely N-dealkylation sites (tertiary alicyclic amines) is 1. The second kappa shape index (κ2) is 8.92. The van der Waals surface area contributed by atoms with Crippen LogP contribution >= 0.6 is 0 Å². The van der Waals surface area contributed by atoms with Gasteiger partial charge >= 0.3 is 12.2 Å². The standard InChI is InChI=1S/C20H30N2O4/c1-15(21-18(23)25-14-16-8-6-5-7-9-16)17-10-12-22(13-11-17)19(24)26-20(2,3)4/h5-9,15,17H,10-14H2,1-4H3,(H,21,23). The van der Waals surface area contributed by atoms with Gasteiger partial charge in [-0.2, -0.15) is 0 Å². The molecule has 0 spiro atoms. The first-order valence-electron chi connectivity index (χ1n) is 9.20. The molecule has 1 saturated heterocycles. The Bertz CT molecular complexity index is 590. The topological polar surface area (TPSA) is 67.9 Å². The maximum absolute atomic E-state index is 12.1. The van der Waals surface area contributed by atoms with E-state index in [0.717, 1.165) is 18.4 Å². The van der Waals surface area contributed by atoms with Crippen molar-refractivity contribution in [3.05, 3.63) is 35.9 Å². The van der Waals surface area contributed by atoms with E-state index in [0.29, 0.717) is 19.0 Å². The summed E-state index contributed by atoms with van der Waals surface area (Å²) >= 11 is 0. The van der Waals surface area contributed by atoms with Gasteiger partial charge in [0, 0.05) is 19.1 Å². The van der Waals surface area contributed by atoms with Crippen molar-refractivity contribution in [1.29, 1.82) is 0 Å². The van der Waals surface area contributed by atoms with Gasteiger partial charge in [0.05, 0.1) is 0 Å². The first-order valence-corrected chi connectivity index (χ1v) is 9.20. The Morgan fingerprint density at radius 1 is 1.19 bits per heavy atom. The normalized spacial score (nSPS) is 16.7. The minimum atomic E-state index is -0.481. The monoisotopic (exact) mass is 362 g/mol. The molecule has 1 aromatic rings. The minimum Gasteiger partial charge on any atom is -0.445 e. The molecule has 6 heteroatoms. The summed E-state index contributed by atoms with van der Waals surface area (Å²) in [5.74, 6) is 0.318. The molecule has 6 nitrogen and oxygen atoms in total. The van der Waals surface area contributed by atoms with Crippen LogP contribution in [0.25, 0.3) is 0 Å². The van der Waals surface area contributed by atoms with Crippen LogP contribution in [0.3, 0.4) is 0 Å². The van der Waals surface area contributed by atoms with Crippen LogP contribution in [-0.4, -0.2) is 41.8 Å². The van der Waals surface area contributed by atoms with E-state index in [9.17, 15) is 9.59 Å². The average Bonchev–Trinajstić information content (AvgIpc) is 2.59. The molecular weight excluding hydrogens is 332 g/mol. The van der Waals surface area contributed by atoms with Crippen LogP contribution in [0.1, 0.15) is 46.1 Å². The van der Waals surface area contributed by atoms with Gasteiger partial charge in [-0.25, -0.2) is 9.59 Å². The third kappa shape index (κ3) is 6.58. The molecule has 1 heterocycles.